The molecule has 2 aromatic carbocycles. The maximum absolute atomic E-state index is 9.86. The van der Waals surface area contributed by atoms with Crippen LogP contribution in [0.3, 0.4) is 0 Å². The fraction of sp³-hybridized carbons (Fsp3) is 0.208. The zero-order valence-electron chi connectivity index (χ0n) is 16.5. The number of halogens is 2. The van der Waals surface area contributed by atoms with Gasteiger partial charge in [-0.3, -0.25) is 4.90 Å². The van der Waals surface area contributed by atoms with E-state index in [1.165, 1.54) is 0 Å². The Kier molecular flexibility index (Phi) is 5.87. The van der Waals surface area contributed by atoms with E-state index >= 15 is 0 Å². The average Bonchev–Trinajstić information content (AvgIpc) is 2.75. The normalized spacial score (nSPS) is 20.7. The average molecular weight is 438 g/mol. The minimum atomic E-state index is -0.351. The van der Waals surface area contributed by atoms with Crippen molar-refractivity contribution in [2.24, 2.45) is 5.73 Å². The van der Waals surface area contributed by atoms with Gasteiger partial charge in [0.25, 0.3) is 0 Å². The number of rotatable bonds is 3. The minimum absolute atomic E-state index is 0.121. The van der Waals surface area contributed by atoms with Crippen LogP contribution in [0.2, 0.25) is 10.0 Å². The second-order valence-corrected chi connectivity index (χ2v) is 8.11. The van der Waals surface area contributed by atoms with Crippen LogP contribution in [0.4, 0.5) is 0 Å². The highest BCUT2D eigenvalue weighted by molar-refractivity contribution is 6.32. The molecule has 1 atom stereocenters. The van der Waals surface area contributed by atoms with Crippen LogP contribution in [0.1, 0.15) is 24.0 Å². The highest BCUT2D eigenvalue weighted by atomic mass is 35.5. The highest BCUT2D eigenvalue weighted by Gasteiger charge is 2.38. The summed E-state index contributed by atoms with van der Waals surface area (Å²) in [6.45, 7) is 4.33. The Balaban J connectivity index is 1.92. The lowest BCUT2D eigenvalue weighted by atomic mass is 9.80. The minimum Gasteiger partial charge on any atom is -0.440 e. The summed E-state index contributed by atoms with van der Waals surface area (Å²) in [6.07, 6.45) is 2.04. The zero-order chi connectivity index (χ0) is 21.3. The van der Waals surface area contributed by atoms with Gasteiger partial charge >= 0.3 is 0 Å². The predicted octanol–water partition coefficient (Wildman–Crippen LogP) is 5.47. The molecule has 152 valence electrons. The van der Waals surface area contributed by atoms with E-state index in [0.29, 0.717) is 34.5 Å². The number of likely N-dealkylation sites (N-methyl/N-ethyl adjacent to an activating group) is 1. The molecule has 0 saturated heterocycles. The van der Waals surface area contributed by atoms with Gasteiger partial charge in [-0.2, -0.15) is 5.26 Å². The lowest BCUT2D eigenvalue weighted by molar-refractivity contribution is 0.239. The van der Waals surface area contributed by atoms with Gasteiger partial charge in [0.05, 0.1) is 5.92 Å². The summed E-state index contributed by atoms with van der Waals surface area (Å²) >= 11 is 12.9. The van der Waals surface area contributed by atoms with Crippen molar-refractivity contribution in [3.05, 3.63) is 98.1 Å². The van der Waals surface area contributed by atoms with Gasteiger partial charge in [0.2, 0.25) is 5.88 Å². The Morgan fingerprint density at radius 3 is 2.50 bits per heavy atom. The number of nitriles is 1. The maximum atomic E-state index is 9.86. The third kappa shape index (κ3) is 3.73. The molecule has 4 rings (SSSR count). The van der Waals surface area contributed by atoms with Crippen LogP contribution >= 0.6 is 23.2 Å². The fourth-order valence-corrected chi connectivity index (χ4v) is 4.44. The molecule has 0 aromatic heterocycles. The van der Waals surface area contributed by atoms with E-state index in [0.717, 1.165) is 28.8 Å². The second kappa shape index (κ2) is 8.57. The number of benzene rings is 2. The van der Waals surface area contributed by atoms with Crippen molar-refractivity contribution in [3.8, 4) is 6.07 Å². The molecule has 2 aromatic rings. The molecule has 6 heteroatoms. The van der Waals surface area contributed by atoms with Gasteiger partial charge < -0.3 is 10.5 Å². The van der Waals surface area contributed by atoms with Crippen LogP contribution < -0.4 is 5.73 Å². The van der Waals surface area contributed by atoms with Gasteiger partial charge in [0, 0.05) is 28.7 Å². The van der Waals surface area contributed by atoms with Crippen molar-refractivity contribution in [3.63, 3.8) is 0 Å². The number of nitrogens with two attached hydrogens (primary N) is 1. The molecule has 4 nitrogen and oxygen atoms in total. The quantitative estimate of drug-likeness (QED) is 0.690. The van der Waals surface area contributed by atoms with Crippen LogP contribution in [0, 0.1) is 11.3 Å². The van der Waals surface area contributed by atoms with Crippen molar-refractivity contribution >= 4 is 29.3 Å². The summed E-state index contributed by atoms with van der Waals surface area (Å²) in [5, 5.41) is 11.1. The maximum Gasteiger partial charge on any atom is 0.205 e. The first-order valence-electron chi connectivity index (χ1n) is 9.76. The van der Waals surface area contributed by atoms with Crippen LogP contribution in [0.15, 0.2) is 76.9 Å². The summed E-state index contributed by atoms with van der Waals surface area (Å²) in [4.78, 5) is 2.30. The number of hydrogen-bond acceptors (Lipinski definition) is 4. The lowest BCUT2D eigenvalue weighted by Gasteiger charge is -2.38. The summed E-state index contributed by atoms with van der Waals surface area (Å²) in [5.74, 6) is 0.480. The van der Waals surface area contributed by atoms with E-state index in [-0.39, 0.29) is 11.8 Å². The molecule has 0 amide bonds. The van der Waals surface area contributed by atoms with Crippen LogP contribution in [-0.2, 0) is 4.74 Å². The SMILES string of the molecule is CCN1CC2=C(OC(N)=C(C#N)[C@@H]2c2ccccc2Cl)/C(=C/c2ccccc2Cl)C1. The van der Waals surface area contributed by atoms with Gasteiger partial charge in [0.1, 0.15) is 17.4 Å². The molecule has 0 spiro atoms. The zero-order valence-corrected chi connectivity index (χ0v) is 18.0. The molecule has 0 fully saturated rings. The first-order valence-corrected chi connectivity index (χ1v) is 10.5. The Bertz CT molecular complexity index is 1130. The standard InChI is InChI=1S/C24H21Cl2N3O/c1-2-29-13-16(11-15-7-3-5-9-20(15)25)23-19(14-29)22(18(12-27)24(28)30-23)17-8-4-6-10-21(17)26/h3-11,22H,2,13-14,28H2,1H3/b16-11+/t22-/m0/s1. The summed E-state index contributed by atoms with van der Waals surface area (Å²) in [6, 6.07) is 17.5. The third-order valence-corrected chi connectivity index (χ3v) is 6.19. The van der Waals surface area contributed by atoms with Gasteiger partial charge in [-0.25, -0.2) is 0 Å². The van der Waals surface area contributed by atoms with E-state index in [1.807, 2.05) is 54.6 Å². The van der Waals surface area contributed by atoms with E-state index in [2.05, 4.69) is 17.9 Å². The highest BCUT2D eigenvalue weighted by Crippen LogP contribution is 2.45. The molecule has 2 aliphatic heterocycles. The van der Waals surface area contributed by atoms with Gasteiger partial charge in [-0.05, 0) is 41.5 Å². The van der Waals surface area contributed by atoms with Crippen molar-refractivity contribution in [2.75, 3.05) is 19.6 Å². The Labute approximate surface area is 186 Å². The molecule has 30 heavy (non-hydrogen) atoms. The van der Waals surface area contributed by atoms with Crippen LogP contribution in [-0.4, -0.2) is 24.5 Å². The Hall–Kier alpha value is -2.71. The van der Waals surface area contributed by atoms with Crippen molar-refractivity contribution < 1.29 is 4.74 Å². The van der Waals surface area contributed by atoms with Crippen LogP contribution in [0.25, 0.3) is 6.08 Å². The smallest absolute Gasteiger partial charge is 0.205 e. The molecule has 0 aliphatic carbocycles. The first-order chi connectivity index (χ1) is 14.5. The number of nitrogens with zero attached hydrogens (tertiary/aromatic N) is 2. The summed E-state index contributed by atoms with van der Waals surface area (Å²) < 4.78 is 6.04. The van der Waals surface area contributed by atoms with Crippen molar-refractivity contribution in [1.29, 1.82) is 5.26 Å². The van der Waals surface area contributed by atoms with E-state index in [4.69, 9.17) is 33.7 Å². The predicted molar refractivity (Wildman–Crippen MR) is 121 cm³/mol. The topological polar surface area (TPSA) is 62.3 Å². The van der Waals surface area contributed by atoms with E-state index in [1.54, 1.807) is 0 Å². The van der Waals surface area contributed by atoms with Gasteiger partial charge in [-0.1, -0.05) is 66.5 Å². The van der Waals surface area contributed by atoms with Crippen molar-refractivity contribution in [2.45, 2.75) is 12.8 Å². The van der Waals surface area contributed by atoms with Crippen molar-refractivity contribution in [1.82, 2.24) is 4.90 Å². The first kappa shape index (κ1) is 20.6. The summed E-state index contributed by atoms with van der Waals surface area (Å²) in [7, 11) is 0. The number of ether oxygens (including phenoxy) is 1. The molecule has 2 N–H and O–H groups in total. The molecule has 0 saturated carbocycles. The third-order valence-electron chi connectivity index (χ3n) is 5.50. The Morgan fingerprint density at radius 1 is 1.13 bits per heavy atom. The van der Waals surface area contributed by atoms with Gasteiger partial charge in [-0.15, -0.1) is 0 Å². The molecule has 2 aliphatic rings. The molecule has 2 heterocycles. The molecule has 0 bridgehead atoms. The molecular weight excluding hydrogens is 417 g/mol. The molecular formula is C24H21Cl2N3O. The lowest BCUT2D eigenvalue weighted by Crippen LogP contribution is -2.38. The fourth-order valence-electron chi connectivity index (χ4n) is 4.01. The largest absolute Gasteiger partial charge is 0.440 e. The van der Waals surface area contributed by atoms with Gasteiger partial charge in [0.15, 0.2) is 0 Å². The monoisotopic (exact) mass is 437 g/mol. The van der Waals surface area contributed by atoms with E-state index in [9.17, 15) is 5.26 Å². The summed E-state index contributed by atoms with van der Waals surface area (Å²) in [5.41, 5.74) is 10.3. The Morgan fingerprint density at radius 2 is 1.83 bits per heavy atom. The van der Waals surface area contributed by atoms with Crippen LogP contribution in [0.5, 0.6) is 0 Å². The second-order valence-electron chi connectivity index (χ2n) is 7.30. The molecule has 0 unspecified atom stereocenters. The number of allylic oxidation sites excluding steroid dienone is 1. The molecule has 0 radical (unpaired) electrons. The van der Waals surface area contributed by atoms with E-state index < -0.39 is 0 Å². The number of hydrogen-bond donors (Lipinski definition) is 1.